The van der Waals surface area contributed by atoms with Crippen LogP contribution in [0.4, 0.5) is 0 Å². The van der Waals surface area contributed by atoms with Crippen molar-refractivity contribution < 1.29 is 67.7 Å². The van der Waals surface area contributed by atoms with Gasteiger partial charge in [-0.3, -0.25) is 8.42 Å². The van der Waals surface area contributed by atoms with Gasteiger partial charge >= 0.3 is 17.4 Å². The molecule has 0 aliphatic heterocycles. The van der Waals surface area contributed by atoms with E-state index in [1.165, 1.54) is 0 Å². The predicted octanol–water partition coefficient (Wildman–Crippen LogP) is -6.29. The topological polar surface area (TPSA) is 269 Å². The Morgan fingerprint density at radius 1 is 0.667 bits per heavy atom. The van der Waals surface area contributed by atoms with E-state index < -0.39 is 10.4 Å². The van der Waals surface area contributed by atoms with E-state index in [-0.39, 0.29) is 50.2 Å². The van der Waals surface area contributed by atoms with Gasteiger partial charge in [-0.15, -0.1) is 0 Å². The van der Waals surface area contributed by atoms with Crippen molar-refractivity contribution in [2.45, 2.75) is 0 Å². The molecule has 0 fully saturated rings. The van der Waals surface area contributed by atoms with Gasteiger partial charge in [0, 0.05) is 10.4 Å². The summed E-state index contributed by atoms with van der Waals surface area (Å²) in [7, 11) is -5.17. The molecule has 12 N–H and O–H groups in total. The van der Waals surface area contributed by atoms with Gasteiger partial charge in [0.1, 0.15) is 0 Å². The Morgan fingerprint density at radius 2 is 0.667 bits per heavy atom. The first-order valence-electron chi connectivity index (χ1n) is 0.667. The van der Waals surface area contributed by atoms with Crippen LogP contribution in [0.15, 0.2) is 0 Å². The summed E-state index contributed by atoms with van der Waals surface area (Å²) in [6.07, 6.45) is 0. The molecule has 0 heterocycles. The van der Waals surface area contributed by atoms with Crippen LogP contribution < -0.4 is 0 Å². The number of hydrogen-bond acceptors (Lipinski definition) is 4. The molecule has 0 atom stereocenters. The van der Waals surface area contributed by atoms with E-state index in [9.17, 15) is 0 Å². The quantitative estimate of drug-likeness (QED) is 0.301. The fourth-order valence-electron chi connectivity index (χ4n) is 0. The van der Waals surface area contributed by atoms with E-state index in [1.807, 2.05) is 0 Å². The zero-order chi connectivity index (χ0) is 4.50. The van der Waals surface area contributed by atoms with Gasteiger partial charge in [0.15, 0.2) is 0 Å². The average Bonchev–Trinajstić information content (AvgIpc) is 0.722. The van der Waals surface area contributed by atoms with Crippen LogP contribution in [-0.4, -0.2) is 50.4 Å². The number of hydrogen-bond donors (Lipinski definition) is 0. The maximum Gasteiger partial charge on any atom is 2.00 e. The standard InChI is InChI=1S/Cr.H2O4S.6H2O/c;1-5(2,3)4;;;;;;/h;(H2,1,2,3,4);6*1H2/q+2;;;;;;;/p-2. The minimum Gasteiger partial charge on any atom is -0.759 e. The second-order valence-corrected chi connectivity index (χ2v) is 1.22. The molecule has 84 valence electrons. The van der Waals surface area contributed by atoms with E-state index in [2.05, 4.69) is 0 Å². The molecule has 0 aliphatic rings. The van der Waals surface area contributed by atoms with Crippen LogP contribution in [0.5, 0.6) is 0 Å². The van der Waals surface area contributed by atoms with E-state index in [0.29, 0.717) is 0 Å². The van der Waals surface area contributed by atoms with Gasteiger partial charge < -0.3 is 42.0 Å². The Bertz CT molecular complexity index is 93.0. The van der Waals surface area contributed by atoms with Crippen molar-refractivity contribution >= 4 is 10.4 Å². The molecular weight excluding hydrogens is 244 g/mol. The van der Waals surface area contributed by atoms with Crippen LogP contribution in [0.1, 0.15) is 0 Å². The third-order valence-corrected chi connectivity index (χ3v) is 0. The summed E-state index contributed by atoms with van der Waals surface area (Å²) >= 11 is 0. The molecule has 0 saturated heterocycles. The third kappa shape index (κ3) is 32300. The average molecular weight is 256 g/mol. The minimum absolute atomic E-state index is 0. The van der Waals surface area contributed by atoms with Crippen molar-refractivity contribution in [2.75, 3.05) is 0 Å². The molecule has 0 aromatic carbocycles. The minimum atomic E-state index is -5.17. The summed E-state index contributed by atoms with van der Waals surface area (Å²) in [5.41, 5.74) is 0. The van der Waals surface area contributed by atoms with Gasteiger partial charge in [-0.05, 0) is 0 Å². The van der Waals surface area contributed by atoms with Crippen LogP contribution >= 0.6 is 0 Å². The Labute approximate surface area is 78.8 Å². The molecule has 0 amide bonds. The summed E-state index contributed by atoms with van der Waals surface area (Å²) in [5, 5.41) is 0. The third-order valence-electron chi connectivity index (χ3n) is 0. The molecule has 0 aliphatic carbocycles. The van der Waals surface area contributed by atoms with Gasteiger partial charge in [0.2, 0.25) is 0 Å². The first-order chi connectivity index (χ1) is 2.00. The molecule has 0 unspecified atom stereocenters. The molecule has 10 nitrogen and oxygen atoms in total. The van der Waals surface area contributed by atoms with E-state index in [1.54, 1.807) is 0 Å². The van der Waals surface area contributed by atoms with Crippen LogP contribution in [0.3, 0.4) is 0 Å². The van der Waals surface area contributed by atoms with Crippen LogP contribution in [0.2, 0.25) is 0 Å². The summed E-state index contributed by atoms with van der Waals surface area (Å²) < 4.78 is 34.1. The Hall–Kier alpha value is 0.162. The summed E-state index contributed by atoms with van der Waals surface area (Å²) in [6.45, 7) is 0. The molecule has 0 saturated carbocycles. The smallest absolute Gasteiger partial charge is 0.759 e. The van der Waals surface area contributed by atoms with E-state index in [0.717, 1.165) is 0 Å². The molecule has 12 heteroatoms. The van der Waals surface area contributed by atoms with E-state index in [4.69, 9.17) is 17.5 Å². The van der Waals surface area contributed by atoms with Crippen molar-refractivity contribution in [1.29, 1.82) is 0 Å². The summed E-state index contributed by atoms with van der Waals surface area (Å²) in [5.74, 6) is 0. The largest absolute Gasteiger partial charge is 2.00 e. The molecular formula is H12CrO10S. The molecule has 0 aromatic heterocycles. The SMILES string of the molecule is O.O.O.O.O.O.O=S(=O)([O-])[O-].[Cr+2]. The van der Waals surface area contributed by atoms with Crippen molar-refractivity contribution in [1.82, 2.24) is 0 Å². The van der Waals surface area contributed by atoms with Gasteiger partial charge in [0.05, 0.1) is 0 Å². The zero-order valence-corrected chi connectivity index (χ0v) is 7.54. The van der Waals surface area contributed by atoms with E-state index >= 15 is 0 Å². The first-order valence-corrected chi connectivity index (χ1v) is 2.00. The fourth-order valence-corrected chi connectivity index (χ4v) is 0. The van der Waals surface area contributed by atoms with Gasteiger partial charge in [-0.2, -0.15) is 0 Å². The molecule has 0 bridgehead atoms. The summed E-state index contributed by atoms with van der Waals surface area (Å²) in [4.78, 5) is 0. The molecule has 0 radical (unpaired) electrons. The van der Waals surface area contributed by atoms with Crippen LogP contribution in [0, 0.1) is 0 Å². The maximum atomic E-state index is 8.52. The zero-order valence-electron chi connectivity index (χ0n) is 5.45. The predicted molar refractivity (Wildman–Crippen MR) is 32.2 cm³/mol. The molecule has 0 spiro atoms. The normalized spacial score (nSPS) is 4.83. The van der Waals surface area contributed by atoms with Gasteiger partial charge in [0.25, 0.3) is 0 Å². The maximum absolute atomic E-state index is 8.52. The van der Waals surface area contributed by atoms with Crippen molar-refractivity contribution in [3.05, 3.63) is 0 Å². The van der Waals surface area contributed by atoms with Crippen molar-refractivity contribution in [2.24, 2.45) is 0 Å². The molecule has 0 aromatic rings. The Morgan fingerprint density at radius 3 is 0.667 bits per heavy atom. The fraction of sp³-hybridized carbons (Fsp3) is 0. The van der Waals surface area contributed by atoms with Gasteiger partial charge in [-0.25, -0.2) is 0 Å². The molecule has 0 rings (SSSR count). The monoisotopic (exact) mass is 256 g/mol. The second kappa shape index (κ2) is 30.4. The van der Waals surface area contributed by atoms with Crippen LogP contribution in [-0.2, 0) is 27.8 Å². The second-order valence-electron chi connectivity index (χ2n) is 0.408. The van der Waals surface area contributed by atoms with Crippen LogP contribution in [0.25, 0.3) is 0 Å². The molecule has 12 heavy (non-hydrogen) atoms. The Balaban J connectivity index is -0.00000000381. The summed E-state index contributed by atoms with van der Waals surface area (Å²) in [6, 6.07) is 0. The van der Waals surface area contributed by atoms with Crippen molar-refractivity contribution in [3.63, 3.8) is 0 Å². The Kier molecular flexibility index (Phi) is 221. The van der Waals surface area contributed by atoms with Crippen molar-refractivity contribution in [3.8, 4) is 0 Å². The van der Waals surface area contributed by atoms with Gasteiger partial charge in [-0.1, -0.05) is 0 Å². The number of rotatable bonds is 0. The first kappa shape index (κ1) is 87.5.